The summed E-state index contributed by atoms with van der Waals surface area (Å²) in [5, 5.41) is 0. The zero-order valence-electron chi connectivity index (χ0n) is 23.6. The van der Waals surface area contributed by atoms with Crippen LogP contribution < -0.4 is 14.3 Å². The Bertz CT molecular complexity index is 1550. The molecule has 0 bridgehead atoms. The van der Waals surface area contributed by atoms with E-state index in [2.05, 4.69) is 189 Å². The van der Waals surface area contributed by atoms with Gasteiger partial charge in [-0.3, -0.25) is 0 Å². The van der Waals surface area contributed by atoms with E-state index < -0.39 is 45.0 Å². The molecule has 6 aromatic rings. The van der Waals surface area contributed by atoms with Gasteiger partial charge in [-0.25, -0.2) is 0 Å². The van der Waals surface area contributed by atoms with Crippen LogP contribution in [0.5, 0.6) is 0 Å². The first-order valence-corrected chi connectivity index (χ1v) is 23.5. The van der Waals surface area contributed by atoms with Crippen molar-refractivity contribution in [1.82, 2.24) is 0 Å². The van der Waals surface area contributed by atoms with Crippen molar-refractivity contribution in [3.05, 3.63) is 193 Å². The molecule has 0 aliphatic rings. The first-order valence-electron chi connectivity index (χ1n) is 14.3. The van der Waals surface area contributed by atoms with Crippen LogP contribution >= 0.6 is 0 Å². The average Bonchev–Trinajstić information content (AvgIpc) is 3.09. The van der Waals surface area contributed by atoms with E-state index in [1.807, 2.05) is 0 Å². The third kappa shape index (κ3) is 6.13. The van der Waals surface area contributed by atoms with Crippen LogP contribution in [0.15, 0.2) is 182 Å². The van der Waals surface area contributed by atoms with E-state index >= 15 is 0 Å². The summed E-state index contributed by atoms with van der Waals surface area (Å²) >= 11 is -7.52. The molecule has 0 aromatic heterocycles. The molecule has 0 atom stereocenters. The summed E-state index contributed by atoms with van der Waals surface area (Å²) in [6, 6.07) is 64.3. The van der Waals surface area contributed by atoms with Gasteiger partial charge in [-0.15, -0.1) is 0 Å². The molecule has 4 heteroatoms. The van der Waals surface area contributed by atoms with Gasteiger partial charge in [0.1, 0.15) is 0 Å². The fraction of sp³-hybridized carbons (Fsp3) is 0.0526. The molecule has 205 valence electrons. The Balaban J connectivity index is 1.63. The van der Waals surface area contributed by atoms with E-state index in [1.165, 1.54) is 14.3 Å². The molecule has 0 N–H and O–H groups in total. The topological polar surface area (TPSA) is 18.5 Å². The second-order valence-corrected chi connectivity index (χ2v) is 27.4. The van der Waals surface area contributed by atoms with Crippen LogP contribution in [-0.2, 0) is 10.1 Å². The fourth-order valence-electron chi connectivity index (χ4n) is 5.43. The Labute approximate surface area is 261 Å². The number of rotatable bonds is 10. The second-order valence-electron chi connectivity index (χ2n) is 10.4. The van der Waals surface area contributed by atoms with Crippen molar-refractivity contribution in [2.45, 2.75) is 12.5 Å². The molecule has 1 radical (unpaired) electrons. The van der Waals surface area contributed by atoms with Gasteiger partial charge in [0.25, 0.3) is 0 Å². The summed E-state index contributed by atoms with van der Waals surface area (Å²) in [5.74, 6) is 0. The van der Waals surface area contributed by atoms with Crippen LogP contribution in [-0.4, -0.2) is 39.4 Å². The van der Waals surface area contributed by atoms with Crippen LogP contribution in [0.25, 0.3) is 0 Å². The molecule has 0 saturated heterocycles. The van der Waals surface area contributed by atoms with Gasteiger partial charge in [-0.05, 0) is 0 Å². The summed E-state index contributed by atoms with van der Waals surface area (Å²) < 4.78 is 20.7. The van der Waals surface area contributed by atoms with E-state index in [9.17, 15) is 0 Å². The minimum atomic E-state index is -4.51. The van der Waals surface area contributed by atoms with Gasteiger partial charge in [0.05, 0.1) is 0 Å². The Hall–Kier alpha value is -3.16. The summed E-state index contributed by atoms with van der Waals surface area (Å²) in [6.45, 7) is 2.21. The molecule has 2 nitrogen and oxygen atoms in total. The predicted molar refractivity (Wildman–Crippen MR) is 177 cm³/mol. The second kappa shape index (κ2) is 13.4. The molecule has 6 aromatic carbocycles. The van der Waals surface area contributed by atoms with Crippen LogP contribution in [0.2, 0.25) is 0 Å². The molecule has 0 spiro atoms. The normalized spacial score (nSPS) is 11.9. The minimum absolute atomic E-state index is 0.744. The molecule has 0 fully saturated rings. The zero-order chi connectivity index (χ0) is 28.7. The van der Waals surface area contributed by atoms with Gasteiger partial charge < -0.3 is 0 Å². The van der Waals surface area contributed by atoms with E-state index in [4.69, 9.17) is 4.49 Å². The van der Waals surface area contributed by atoms with Crippen molar-refractivity contribution in [3.63, 3.8) is 0 Å². The first kappa shape index (κ1) is 28.9. The molecule has 0 aliphatic heterocycles. The van der Waals surface area contributed by atoms with Crippen molar-refractivity contribution < 1.29 is 4.49 Å². The van der Waals surface area contributed by atoms with Gasteiger partial charge in [0.15, 0.2) is 0 Å². The summed E-state index contributed by atoms with van der Waals surface area (Å²) in [6.07, 6.45) is 0. The molecular weight excluding hydrogens is 726 g/mol. The van der Waals surface area contributed by atoms with E-state index in [-0.39, 0.29) is 0 Å². The molecule has 0 aliphatic carbocycles. The average molecular weight is 759 g/mol. The van der Waals surface area contributed by atoms with E-state index in [0.717, 1.165) is 11.1 Å². The van der Waals surface area contributed by atoms with Crippen molar-refractivity contribution in [2.24, 2.45) is 0 Å². The predicted octanol–water partition coefficient (Wildman–Crippen LogP) is 6.05. The zero-order valence-corrected chi connectivity index (χ0v) is 29.3. The number of hydrogen-bond acceptors (Lipinski definition) is 2. The van der Waals surface area contributed by atoms with Crippen molar-refractivity contribution in [1.29, 1.82) is 0 Å². The van der Waals surface area contributed by atoms with Gasteiger partial charge >= 0.3 is 264 Å². The Morgan fingerprint density at radius 1 is 0.429 bits per heavy atom. The summed E-state index contributed by atoms with van der Waals surface area (Å²) in [7, 11) is 0. The maximum absolute atomic E-state index is 7.91. The van der Waals surface area contributed by atoms with Crippen LogP contribution in [0.4, 0.5) is 0 Å². The van der Waals surface area contributed by atoms with Gasteiger partial charge in [0.2, 0.25) is 0 Å². The molecular formula is C38H33O2Sn2. The monoisotopic (exact) mass is 761 g/mol. The Kier molecular flexibility index (Phi) is 9.25. The number of benzene rings is 6. The van der Waals surface area contributed by atoms with Crippen LogP contribution in [0.1, 0.15) is 18.1 Å². The fourth-order valence-corrected chi connectivity index (χ4v) is 34.4. The Morgan fingerprint density at radius 3 is 1.10 bits per heavy atom. The van der Waals surface area contributed by atoms with Crippen LogP contribution in [0.3, 0.4) is 0 Å². The van der Waals surface area contributed by atoms with Crippen molar-refractivity contribution >= 4 is 53.7 Å². The number of hydrogen-bond donors (Lipinski definition) is 0. The van der Waals surface area contributed by atoms with Gasteiger partial charge in [-0.2, -0.15) is 0 Å². The quantitative estimate of drug-likeness (QED) is 0.159. The molecule has 42 heavy (non-hydrogen) atoms. The molecule has 6 rings (SSSR count). The van der Waals surface area contributed by atoms with Crippen LogP contribution in [0, 0.1) is 0 Å². The molecule has 0 amide bonds. The third-order valence-electron chi connectivity index (χ3n) is 7.62. The Morgan fingerprint density at radius 2 is 0.738 bits per heavy atom. The summed E-state index contributed by atoms with van der Waals surface area (Å²) in [4.78, 5) is 0. The molecule has 0 unspecified atom stereocenters. The van der Waals surface area contributed by atoms with E-state index in [0.29, 0.717) is 0 Å². The molecule has 0 saturated carbocycles. The van der Waals surface area contributed by atoms with Crippen molar-refractivity contribution in [2.75, 3.05) is 0 Å². The van der Waals surface area contributed by atoms with E-state index in [1.54, 1.807) is 0 Å². The maximum atomic E-state index is 7.91. The third-order valence-corrected chi connectivity index (χ3v) is 31.6. The molecule has 0 heterocycles. The standard InChI is InChI=1S/C14H13O.4C6H5.O.2Sn/c1-14(15,12-8-4-2-5-9-12)13-10-6-3-7-11-13;4*1-2-4-6-5-3-1;;;/h2-11H,1H3;4*1-5H;;;/q-1;;;;;;;+1. The summed E-state index contributed by atoms with van der Waals surface area (Å²) in [5.41, 5.74) is 1.47. The van der Waals surface area contributed by atoms with Crippen molar-refractivity contribution in [3.8, 4) is 0 Å². The SMILES string of the molecule is CC([O][Sn]([O][Sn]([c]1ccccc1)[c]1ccccc1)([c]1ccccc1)[c]1ccccc1)(c1ccccc1)c1ccccc1. The first-order chi connectivity index (χ1) is 20.7. The van der Waals surface area contributed by atoms with Gasteiger partial charge in [0, 0.05) is 0 Å². The van der Waals surface area contributed by atoms with Gasteiger partial charge in [-0.1, -0.05) is 0 Å².